The van der Waals surface area contributed by atoms with Crippen LogP contribution in [0.2, 0.25) is 0 Å². The third kappa shape index (κ3) is 8.88. The van der Waals surface area contributed by atoms with Gasteiger partial charge in [-0.3, -0.25) is 4.79 Å². The Kier molecular flexibility index (Phi) is 10.9. The summed E-state index contributed by atoms with van der Waals surface area (Å²) in [4.78, 5) is 23.6. The van der Waals surface area contributed by atoms with Crippen molar-refractivity contribution in [1.82, 2.24) is 10.2 Å². The number of ether oxygens (including phenoxy) is 2. The smallest absolute Gasteiger partial charge is 0.462 e. The van der Waals surface area contributed by atoms with E-state index in [2.05, 4.69) is 10.1 Å². The largest absolute Gasteiger partial charge is 0.492 e. The number of carboxylic acids is 1. The maximum absolute atomic E-state index is 13.3. The molecule has 0 fully saturated rings. The van der Waals surface area contributed by atoms with Crippen LogP contribution in [0.3, 0.4) is 0 Å². The number of halogens is 7. The van der Waals surface area contributed by atoms with Gasteiger partial charge in [-0.1, -0.05) is 19.1 Å². The fourth-order valence-corrected chi connectivity index (χ4v) is 2.48. The lowest BCUT2D eigenvalue weighted by Crippen LogP contribution is -2.54. The summed E-state index contributed by atoms with van der Waals surface area (Å²) >= 11 is 0. The predicted molar refractivity (Wildman–Crippen MR) is 105 cm³/mol. The first-order chi connectivity index (χ1) is 15.7. The number of nitrogens with zero attached hydrogens (tertiary/aromatic N) is 1. The average molecular weight is 506 g/mol. The Morgan fingerprint density at radius 3 is 2.12 bits per heavy atom. The lowest BCUT2D eigenvalue weighted by molar-refractivity contribution is -0.423. The summed E-state index contributed by atoms with van der Waals surface area (Å²) in [6.45, 7) is -0.453. The Hall–Kier alpha value is -2.77. The first-order valence-corrected chi connectivity index (χ1v) is 10.1. The van der Waals surface area contributed by atoms with E-state index in [0.29, 0.717) is 18.6 Å². The number of alkyl halides is 7. The van der Waals surface area contributed by atoms with Crippen LogP contribution in [0.1, 0.15) is 25.3 Å². The number of urea groups is 1. The number of carboxylic acid groups (broad SMARTS) is 1. The first kappa shape index (κ1) is 29.3. The highest BCUT2D eigenvalue weighted by Gasteiger charge is 2.74. The summed E-state index contributed by atoms with van der Waals surface area (Å²) in [5.41, 5.74) is 0.740. The van der Waals surface area contributed by atoms with Crippen molar-refractivity contribution in [2.24, 2.45) is 0 Å². The van der Waals surface area contributed by atoms with Crippen molar-refractivity contribution in [3.8, 4) is 5.75 Å². The molecule has 34 heavy (non-hydrogen) atoms. The number of rotatable bonds is 14. The number of benzene rings is 1. The fourth-order valence-electron chi connectivity index (χ4n) is 2.48. The third-order valence-corrected chi connectivity index (χ3v) is 4.36. The van der Waals surface area contributed by atoms with Crippen molar-refractivity contribution in [3.63, 3.8) is 0 Å². The van der Waals surface area contributed by atoms with E-state index >= 15 is 0 Å². The first-order valence-electron chi connectivity index (χ1n) is 10.1. The lowest BCUT2D eigenvalue weighted by atomic mass is 10.1. The number of nitrogens with one attached hydrogen (secondary N) is 1. The summed E-state index contributed by atoms with van der Waals surface area (Å²) < 4.78 is 97.9. The highest BCUT2D eigenvalue weighted by molar-refractivity contribution is 5.74. The zero-order valence-electron chi connectivity index (χ0n) is 18.1. The summed E-state index contributed by atoms with van der Waals surface area (Å²) in [6, 6.07) is 5.56. The Morgan fingerprint density at radius 2 is 1.59 bits per heavy atom. The van der Waals surface area contributed by atoms with Gasteiger partial charge < -0.3 is 24.8 Å². The van der Waals surface area contributed by atoms with E-state index in [9.17, 15) is 40.3 Å². The van der Waals surface area contributed by atoms with Crippen molar-refractivity contribution >= 4 is 12.0 Å². The van der Waals surface area contributed by atoms with Gasteiger partial charge in [0.1, 0.15) is 12.4 Å². The number of hydrogen-bond acceptors (Lipinski definition) is 4. The molecule has 1 aromatic carbocycles. The molecule has 0 saturated carbocycles. The number of amides is 2. The molecular weight excluding hydrogens is 481 g/mol. The molecule has 0 unspecified atom stereocenters. The number of hydrogen-bond donors (Lipinski definition) is 2. The Labute approximate surface area is 190 Å². The molecule has 7 nitrogen and oxygen atoms in total. The second kappa shape index (κ2) is 12.6. The van der Waals surface area contributed by atoms with Crippen molar-refractivity contribution in [2.45, 2.75) is 44.4 Å². The minimum atomic E-state index is -6.52. The standard InChI is InChI=1S/C20H25F7N2O5/c1-2-9-28-17(32)29(11-13-34-20(26,27)18(21,22)19(23,24)25)10-12-33-15-6-3-14(4-7-15)5-8-16(30)31/h3-4,6-7H,2,5,8-13H2,1H3,(H,28,32)(H,30,31). The second-order valence-corrected chi connectivity index (χ2v) is 7.04. The number of aryl methyl sites for hydroxylation is 1. The number of aliphatic carboxylic acids is 1. The molecule has 1 aromatic rings. The number of carbonyl (C=O) groups is 2. The van der Waals surface area contributed by atoms with Gasteiger partial charge in [-0.05, 0) is 30.5 Å². The van der Waals surface area contributed by atoms with E-state index in [0.717, 1.165) is 10.5 Å². The summed E-state index contributed by atoms with van der Waals surface area (Å²) in [5, 5.41) is 11.1. The van der Waals surface area contributed by atoms with E-state index in [4.69, 9.17) is 9.84 Å². The molecule has 194 valence electrons. The second-order valence-electron chi connectivity index (χ2n) is 7.04. The quantitative estimate of drug-likeness (QED) is 0.367. The van der Waals surface area contributed by atoms with E-state index in [1.165, 1.54) is 0 Å². The van der Waals surface area contributed by atoms with Gasteiger partial charge in [-0.25, -0.2) is 4.79 Å². The van der Waals surface area contributed by atoms with Crippen LogP contribution in [0.5, 0.6) is 5.75 Å². The van der Waals surface area contributed by atoms with Crippen LogP contribution in [-0.2, 0) is 16.0 Å². The van der Waals surface area contributed by atoms with Crippen molar-refractivity contribution < 1.29 is 54.9 Å². The molecule has 0 aliphatic carbocycles. The van der Waals surface area contributed by atoms with Gasteiger partial charge in [0, 0.05) is 19.5 Å². The normalized spacial score (nSPS) is 12.4. The average Bonchev–Trinajstić information content (AvgIpc) is 2.74. The van der Waals surface area contributed by atoms with Crippen LogP contribution < -0.4 is 10.1 Å². The zero-order valence-corrected chi connectivity index (χ0v) is 18.1. The van der Waals surface area contributed by atoms with Crippen LogP contribution in [0, 0.1) is 0 Å². The van der Waals surface area contributed by atoms with Crippen LogP contribution in [0.25, 0.3) is 0 Å². The van der Waals surface area contributed by atoms with Crippen LogP contribution in [0.4, 0.5) is 35.5 Å². The summed E-state index contributed by atoms with van der Waals surface area (Å²) in [6.07, 6.45) is -11.6. The van der Waals surface area contributed by atoms with Gasteiger partial charge in [-0.15, -0.1) is 0 Å². The van der Waals surface area contributed by atoms with Crippen molar-refractivity contribution in [1.29, 1.82) is 0 Å². The Morgan fingerprint density at radius 1 is 1.00 bits per heavy atom. The zero-order chi connectivity index (χ0) is 26.0. The third-order valence-electron chi connectivity index (χ3n) is 4.36. The van der Waals surface area contributed by atoms with Gasteiger partial charge >= 0.3 is 30.2 Å². The molecule has 2 amide bonds. The molecule has 0 saturated heterocycles. The molecule has 0 spiro atoms. The highest BCUT2D eigenvalue weighted by Crippen LogP contribution is 2.46. The predicted octanol–water partition coefficient (Wildman–Crippen LogP) is 4.31. The van der Waals surface area contributed by atoms with Gasteiger partial charge in [0.2, 0.25) is 0 Å². The van der Waals surface area contributed by atoms with Crippen LogP contribution in [-0.4, -0.2) is 73.1 Å². The summed E-state index contributed by atoms with van der Waals surface area (Å²) in [7, 11) is 0. The SMILES string of the molecule is CCCNC(=O)N(CCOc1ccc(CCC(=O)O)cc1)CCOC(F)(F)C(F)(F)C(F)(F)F. The van der Waals surface area contributed by atoms with Crippen LogP contribution >= 0.6 is 0 Å². The Balaban J connectivity index is 2.67. The Bertz CT molecular complexity index is 789. The molecule has 0 atom stereocenters. The molecule has 1 rings (SSSR count). The van der Waals surface area contributed by atoms with Crippen molar-refractivity contribution in [2.75, 3.05) is 32.8 Å². The van der Waals surface area contributed by atoms with E-state index in [-0.39, 0.29) is 26.1 Å². The maximum atomic E-state index is 13.3. The molecule has 2 N–H and O–H groups in total. The molecule has 14 heteroatoms. The van der Waals surface area contributed by atoms with Gasteiger partial charge in [0.25, 0.3) is 0 Å². The molecule has 0 aliphatic heterocycles. The number of carbonyl (C=O) groups excluding carboxylic acids is 1. The molecule has 0 aliphatic rings. The lowest BCUT2D eigenvalue weighted by Gasteiger charge is -2.29. The molecular formula is C20H25F7N2O5. The van der Waals surface area contributed by atoms with Gasteiger partial charge in [0.15, 0.2) is 0 Å². The topological polar surface area (TPSA) is 88.1 Å². The monoisotopic (exact) mass is 506 g/mol. The van der Waals surface area contributed by atoms with Gasteiger partial charge in [0.05, 0.1) is 13.2 Å². The fraction of sp³-hybridized carbons (Fsp3) is 0.600. The van der Waals surface area contributed by atoms with E-state index < -0.39 is 43.4 Å². The minimum absolute atomic E-state index is 0.0575. The summed E-state index contributed by atoms with van der Waals surface area (Å²) in [5.74, 6) is -7.01. The van der Waals surface area contributed by atoms with Crippen molar-refractivity contribution in [3.05, 3.63) is 29.8 Å². The molecule has 0 aromatic heterocycles. The molecule has 0 bridgehead atoms. The molecule has 0 heterocycles. The van der Waals surface area contributed by atoms with Crippen LogP contribution in [0.15, 0.2) is 24.3 Å². The van der Waals surface area contributed by atoms with Gasteiger partial charge in [-0.2, -0.15) is 30.7 Å². The minimum Gasteiger partial charge on any atom is -0.492 e. The van der Waals surface area contributed by atoms with E-state index in [1.807, 2.05) is 0 Å². The van der Waals surface area contributed by atoms with E-state index in [1.54, 1.807) is 31.2 Å². The highest BCUT2D eigenvalue weighted by atomic mass is 19.4. The maximum Gasteiger partial charge on any atom is 0.462 e. The molecule has 0 radical (unpaired) electrons.